The zero-order chi connectivity index (χ0) is 21.4. The van der Waals surface area contributed by atoms with Crippen LogP contribution in [0.15, 0.2) is 21.4 Å². The number of ether oxygens (including phenoxy) is 1. The topological polar surface area (TPSA) is 90.3 Å². The van der Waals surface area contributed by atoms with E-state index in [1.807, 2.05) is 5.38 Å². The van der Waals surface area contributed by atoms with E-state index in [-0.39, 0.29) is 17.2 Å². The molecule has 4 rings (SSSR count). The number of anilines is 1. The van der Waals surface area contributed by atoms with Gasteiger partial charge in [0.05, 0.1) is 23.9 Å². The second-order valence-corrected chi connectivity index (χ2v) is 10.2. The van der Waals surface area contributed by atoms with E-state index in [1.165, 1.54) is 46.1 Å². The predicted octanol–water partition coefficient (Wildman–Crippen LogP) is 3.70. The minimum atomic E-state index is -0.419. The first-order valence-electron chi connectivity index (χ1n) is 9.48. The van der Waals surface area contributed by atoms with Crippen LogP contribution < -0.4 is 10.9 Å². The van der Waals surface area contributed by atoms with E-state index in [1.54, 1.807) is 13.1 Å². The van der Waals surface area contributed by atoms with Gasteiger partial charge < -0.3 is 10.1 Å². The highest BCUT2D eigenvalue weighted by Crippen LogP contribution is 2.40. The Morgan fingerprint density at radius 3 is 3.00 bits per heavy atom. The third-order valence-corrected chi connectivity index (χ3v) is 8.22. The molecule has 0 fully saturated rings. The molecule has 0 bridgehead atoms. The molecule has 3 aromatic heterocycles. The van der Waals surface area contributed by atoms with Crippen LogP contribution in [0.4, 0.5) is 5.00 Å². The summed E-state index contributed by atoms with van der Waals surface area (Å²) in [7, 11) is 3.00. The number of esters is 1. The van der Waals surface area contributed by atoms with E-state index < -0.39 is 5.97 Å². The van der Waals surface area contributed by atoms with Gasteiger partial charge in [-0.3, -0.25) is 14.2 Å². The molecule has 3 heterocycles. The van der Waals surface area contributed by atoms with E-state index in [4.69, 9.17) is 4.74 Å². The van der Waals surface area contributed by atoms with Gasteiger partial charge in [0.2, 0.25) is 5.91 Å². The zero-order valence-corrected chi connectivity index (χ0v) is 19.3. The average molecular weight is 464 g/mol. The number of methoxy groups -OCH3 is 1. The van der Waals surface area contributed by atoms with Crippen LogP contribution >= 0.6 is 34.4 Å². The zero-order valence-electron chi connectivity index (χ0n) is 16.8. The second-order valence-electron chi connectivity index (χ2n) is 7.28. The third-order valence-electron chi connectivity index (χ3n) is 5.13. The van der Waals surface area contributed by atoms with Crippen molar-refractivity contribution in [1.29, 1.82) is 0 Å². The van der Waals surface area contributed by atoms with E-state index in [9.17, 15) is 14.4 Å². The van der Waals surface area contributed by atoms with Gasteiger partial charge in [-0.1, -0.05) is 18.7 Å². The lowest BCUT2D eigenvalue weighted by Gasteiger charge is -2.18. The Morgan fingerprint density at radius 1 is 1.43 bits per heavy atom. The van der Waals surface area contributed by atoms with Crippen LogP contribution in [0.3, 0.4) is 0 Å². The number of thioether (sulfide) groups is 1. The maximum Gasteiger partial charge on any atom is 0.341 e. The number of amides is 1. The molecular weight excluding hydrogens is 442 g/mol. The SMILES string of the molecule is COC(=O)c1c(NC(=O)CSc2nc3ccsc3c(=O)n2C)sc2c1CCC(C)C2. The van der Waals surface area contributed by atoms with Crippen LogP contribution in [0.5, 0.6) is 0 Å². The molecule has 1 unspecified atom stereocenters. The summed E-state index contributed by atoms with van der Waals surface area (Å²) in [5.74, 6) is -0.0382. The molecule has 1 amide bonds. The van der Waals surface area contributed by atoms with Gasteiger partial charge in [-0.05, 0) is 42.2 Å². The first-order valence-corrected chi connectivity index (χ1v) is 12.2. The number of aromatic nitrogens is 2. The molecular formula is C20H21N3O4S3. The van der Waals surface area contributed by atoms with Crippen molar-refractivity contribution >= 4 is 61.5 Å². The van der Waals surface area contributed by atoms with Gasteiger partial charge in [0.15, 0.2) is 5.16 Å². The number of fused-ring (bicyclic) bond motifs is 2. The van der Waals surface area contributed by atoms with E-state index in [0.29, 0.717) is 31.9 Å². The maximum absolute atomic E-state index is 12.6. The highest BCUT2D eigenvalue weighted by Gasteiger charge is 2.29. The summed E-state index contributed by atoms with van der Waals surface area (Å²) in [6, 6.07) is 1.80. The second kappa shape index (κ2) is 8.52. The molecule has 1 atom stereocenters. The van der Waals surface area contributed by atoms with E-state index in [0.717, 1.165) is 29.7 Å². The minimum absolute atomic E-state index is 0.0789. The Hall–Kier alpha value is -2.17. The van der Waals surface area contributed by atoms with E-state index in [2.05, 4.69) is 17.2 Å². The summed E-state index contributed by atoms with van der Waals surface area (Å²) in [6.45, 7) is 2.19. The fourth-order valence-electron chi connectivity index (χ4n) is 3.55. The van der Waals surface area contributed by atoms with Crippen LogP contribution in [-0.4, -0.2) is 34.3 Å². The lowest BCUT2D eigenvalue weighted by atomic mass is 9.88. The van der Waals surface area contributed by atoms with Crippen molar-refractivity contribution in [2.45, 2.75) is 31.3 Å². The van der Waals surface area contributed by atoms with Gasteiger partial charge in [0.1, 0.15) is 9.70 Å². The highest BCUT2D eigenvalue weighted by atomic mass is 32.2. The Morgan fingerprint density at radius 2 is 2.23 bits per heavy atom. The summed E-state index contributed by atoms with van der Waals surface area (Å²) < 4.78 is 7.03. The van der Waals surface area contributed by atoms with Crippen molar-refractivity contribution in [3.05, 3.63) is 37.8 Å². The normalized spacial score (nSPS) is 15.8. The smallest absolute Gasteiger partial charge is 0.341 e. The van der Waals surface area contributed by atoms with Gasteiger partial charge in [0.25, 0.3) is 5.56 Å². The van der Waals surface area contributed by atoms with Crippen LogP contribution in [-0.2, 0) is 29.4 Å². The summed E-state index contributed by atoms with van der Waals surface area (Å²) >= 11 is 4.01. The number of hydrogen-bond acceptors (Lipinski definition) is 8. The summed E-state index contributed by atoms with van der Waals surface area (Å²) in [4.78, 5) is 43.0. The van der Waals surface area contributed by atoms with E-state index >= 15 is 0 Å². The molecule has 158 valence electrons. The van der Waals surface area contributed by atoms with Crippen molar-refractivity contribution in [2.75, 3.05) is 18.2 Å². The molecule has 1 aliphatic rings. The molecule has 0 aromatic carbocycles. The molecule has 0 saturated carbocycles. The van der Waals surface area contributed by atoms with Gasteiger partial charge >= 0.3 is 5.97 Å². The number of nitrogens with one attached hydrogen (secondary N) is 1. The summed E-state index contributed by atoms with van der Waals surface area (Å²) in [5, 5.41) is 5.73. The molecule has 7 nitrogen and oxygen atoms in total. The Labute approximate surface area is 185 Å². The van der Waals surface area contributed by atoms with Gasteiger partial charge in [-0.2, -0.15) is 0 Å². The average Bonchev–Trinajstić information content (AvgIpc) is 3.32. The number of thiophene rings is 2. The van der Waals surface area contributed by atoms with Crippen LogP contribution in [0.25, 0.3) is 10.2 Å². The van der Waals surface area contributed by atoms with Gasteiger partial charge in [0, 0.05) is 11.9 Å². The highest BCUT2D eigenvalue weighted by molar-refractivity contribution is 7.99. The van der Waals surface area contributed by atoms with Gasteiger partial charge in [-0.25, -0.2) is 9.78 Å². The van der Waals surface area contributed by atoms with Crippen LogP contribution in [0.1, 0.15) is 34.1 Å². The first kappa shape index (κ1) is 21.1. The first-order chi connectivity index (χ1) is 14.4. The van der Waals surface area contributed by atoms with Crippen molar-refractivity contribution in [2.24, 2.45) is 13.0 Å². The summed E-state index contributed by atoms with van der Waals surface area (Å²) in [6.07, 6.45) is 2.73. The molecule has 10 heteroatoms. The Bertz CT molecular complexity index is 1190. The predicted molar refractivity (Wildman–Crippen MR) is 121 cm³/mol. The molecule has 1 N–H and O–H groups in total. The Balaban J connectivity index is 1.53. The number of nitrogens with zero attached hydrogens (tertiary/aromatic N) is 2. The lowest BCUT2D eigenvalue weighted by Crippen LogP contribution is -2.21. The third kappa shape index (κ3) is 3.91. The monoisotopic (exact) mass is 463 g/mol. The molecule has 0 saturated heterocycles. The molecule has 30 heavy (non-hydrogen) atoms. The molecule has 3 aromatic rings. The van der Waals surface area contributed by atoms with Crippen LogP contribution in [0, 0.1) is 5.92 Å². The molecule has 0 spiro atoms. The van der Waals surface area contributed by atoms with Crippen molar-refractivity contribution in [1.82, 2.24) is 9.55 Å². The quantitative estimate of drug-likeness (QED) is 0.353. The van der Waals surface area contributed by atoms with Crippen molar-refractivity contribution in [3.8, 4) is 0 Å². The Kier molecular flexibility index (Phi) is 5.99. The number of rotatable bonds is 5. The molecule has 0 aliphatic heterocycles. The fraction of sp³-hybridized carbons (Fsp3) is 0.400. The number of hydrogen-bond donors (Lipinski definition) is 1. The maximum atomic E-state index is 12.6. The molecule has 1 aliphatic carbocycles. The van der Waals surface area contributed by atoms with Crippen LogP contribution in [0.2, 0.25) is 0 Å². The molecule has 0 radical (unpaired) electrons. The number of carbonyl (C=O) groups is 2. The minimum Gasteiger partial charge on any atom is -0.465 e. The number of carbonyl (C=O) groups excluding carboxylic acids is 2. The summed E-state index contributed by atoms with van der Waals surface area (Å²) in [5.41, 5.74) is 2.00. The standard InChI is InChI=1S/C20H21N3O4S3/c1-10-4-5-11-13(8-10)30-17(15(11)19(26)27-3)22-14(24)9-29-20-21-12-6-7-28-16(12)18(25)23(20)2/h6-7,10H,4-5,8-9H2,1-3H3,(H,22,24). The van der Waals surface area contributed by atoms with Gasteiger partial charge in [-0.15, -0.1) is 22.7 Å². The largest absolute Gasteiger partial charge is 0.465 e. The lowest BCUT2D eigenvalue weighted by molar-refractivity contribution is -0.113. The van der Waals surface area contributed by atoms with Crippen molar-refractivity contribution in [3.63, 3.8) is 0 Å². The van der Waals surface area contributed by atoms with Crippen molar-refractivity contribution < 1.29 is 14.3 Å². The fourth-order valence-corrected chi connectivity index (χ4v) is 6.54.